The average molecular weight is 367 g/mol. The molecule has 0 spiro atoms. The molecule has 0 bridgehead atoms. The fraction of sp³-hybridized carbons (Fsp3) is 0.350. The van der Waals surface area contributed by atoms with Crippen molar-refractivity contribution in [3.05, 3.63) is 58.9 Å². The van der Waals surface area contributed by atoms with Crippen LogP contribution in [0.3, 0.4) is 0 Å². The molecule has 4 N–H and O–H groups in total. The number of aliphatic hydroxyl groups is 2. The molecule has 7 heteroatoms. The van der Waals surface area contributed by atoms with E-state index < -0.39 is 0 Å². The predicted octanol–water partition coefficient (Wildman–Crippen LogP) is 2.97. The number of hydrogen-bond acceptors (Lipinski definition) is 5. The van der Waals surface area contributed by atoms with Gasteiger partial charge >= 0.3 is 0 Å². The van der Waals surface area contributed by atoms with Gasteiger partial charge in [-0.15, -0.1) is 0 Å². The molecule has 3 rings (SSSR count). The summed E-state index contributed by atoms with van der Waals surface area (Å²) in [6.45, 7) is 5.55. The summed E-state index contributed by atoms with van der Waals surface area (Å²) in [6, 6.07) is 11.8. The Labute approximate surface area is 158 Å². The van der Waals surface area contributed by atoms with E-state index in [4.69, 9.17) is 15.5 Å². The zero-order valence-corrected chi connectivity index (χ0v) is 15.8. The minimum Gasteiger partial charge on any atom is -0.390 e. The lowest BCUT2D eigenvalue weighted by molar-refractivity contribution is 0.255. The molecule has 0 amide bonds. The maximum atomic E-state index is 9.03. The Morgan fingerprint density at radius 3 is 2.30 bits per heavy atom. The van der Waals surface area contributed by atoms with Crippen molar-refractivity contribution >= 4 is 0 Å². The van der Waals surface area contributed by atoms with E-state index in [1.54, 1.807) is 0 Å². The highest BCUT2D eigenvalue weighted by Gasteiger charge is 2.12. The number of nitriles is 1. The smallest absolute Gasteiger partial charge is 0.137 e. The standard InChI is InChI=1S/C11H12N2O2.C9H13N3/c14-6-9-10(7-15)13-11(12-9)8-4-2-1-3-5-8;1-4-8-11-7(3)9(12-8)6(2)5-10/h1-5,14-15H,6-7H2,(H,12,13);6H,4H2,1-3H3,(H,11,12). The molecule has 7 nitrogen and oxygen atoms in total. The maximum Gasteiger partial charge on any atom is 0.137 e. The molecule has 2 aromatic heterocycles. The molecule has 1 atom stereocenters. The molecule has 0 aliphatic heterocycles. The van der Waals surface area contributed by atoms with Crippen molar-refractivity contribution in [2.24, 2.45) is 0 Å². The maximum absolute atomic E-state index is 9.03. The minimum absolute atomic E-state index is 0.110. The summed E-state index contributed by atoms with van der Waals surface area (Å²) >= 11 is 0. The van der Waals surface area contributed by atoms with Crippen LogP contribution in [-0.4, -0.2) is 30.1 Å². The molecule has 3 aromatic rings. The first-order valence-electron chi connectivity index (χ1n) is 8.83. The third kappa shape index (κ3) is 5.03. The summed E-state index contributed by atoms with van der Waals surface area (Å²) in [5.74, 6) is 1.52. The molecule has 0 aliphatic rings. The predicted molar refractivity (Wildman–Crippen MR) is 103 cm³/mol. The van der Waals surface area contributed by atoms with Gasteiger partial charge in [-0.1, -0.05) is 37.3 Å². The van der Waals surface area contributed by atoms with Crippen molar-refractivity contribution in [3.8, 4) is 17.5 Å². The molecule has 1 unspecified atom stereocenters. The minimum atomic E-state index is -0.167. The van der Waals surface area contributed by atoms with Gasteiger partial charge in [-0.3, -0.25) is 0 Å². The van der Waals surface area contributed by atoms with Crippen LogP contribution in [-0.2, 0) is 19.6 Å². The monoisotopic (exact) mass is 367 g/mol. The van der Waals surface area contributed by atoms with Crippen LogP contribution in [0.4, 0.5) is 0 Å². The van der Waals surface area contributed by atoms with Gasteiger partial charge in [0.2, 0.25) is 0 Å². The number of nitrogens with zero attached hydrogens (tertiary/aromatic N) is 3. The summed E-state index contributed by atoms with van der Waals surface area (Å²) in [4.78, 5) is 14.7. The van der Waals surface area contributed by atoms with Crippen LogP contribution in [0.1, 0.15) is 48.4 Å². The quantitative estimate of drug-likeness (QED) is 0.552. The summed E-state index contributed by atoms with van der Waals surface area (Å²) in [5, 5.41) is 26.7. The van der Waals surface area contributed by atoms with Gasteiger partial charge in [0.1, 0.15) is 11.6 Å². The zero-order chi connectivity index (χ0) is 19.8. The molecule has 0 saturated carbocycles. The van der Waals surface area contributed by atoms with Gasteiger partial charge < -0.3 is 20.2 Å². The number of aliphatic hydroxyl groups excluding tert-OH is 2. The van der Waals surface area contributed by atoms with Crippen molar-refractivity contribution in [2.45, 2.75) is 46.3 Å². The van der Waals surface area contributed by atoms with Crippen molar-refractivity contribution in [1.82, 2.24) is 19.9 Å². The van der Waals surface area contributed by atoms with Gasteiger partial charge in [0.15, 0.2) is 0 Å². The fourth-order valence-corrected chi connectivity index (χ4v) is 2.63. The normalized spacial score (nSPS) is 11.4. The van der Waals surface area contributed by atoms with Crippen LogP contribution in [0.15, 0.2) is 30.3 Å². The van der Waals surface area contributed by atoms with E-state index in [0.717, 1.165) is 29.2 Å². The second kappa shape index (κ2) is 9.67. The highest BCUT2D eigenvalue weighted by molar-refractivity contribution is 5.55. The Bertz CT molecular complexity index is 871. The number of nitrogens with one attached hydrogen (secondary N) is 2. The Hall–Kier alpha value is -2.95. The van der Waals surface area contributed by atoms with Crippen LogP contribution >= 0.6 is 0 Å². The van der Waals surface area contributed by atoms with Gasteiger partial charge in [-0.05, 0) is 13.8 Å². The van der Waals surface area contributed by atoms with Crippen LogP contribution in [0.5, 0.6) is 0 Å². The van der Waals surface area contributed by atoms with Crippen LogP contribution < -0.4 is 0 Å². The van der Waals surface area contributed by atoms with Gasteiger partial charge in [0.25, 0.3) is 0 Å². The second-order valence-electron chi connectivity index (χ2n) is 6.09. The number of benzene rings is 1. The summed E-state index contributed by atoms with van der Waals surface area (Å²) in [6.07, 6.45) is 0.888. The van der Waals surface area contributed by atoms with E-state index in [9.17, 15) is 0 Å². The molecule has 0 aliphatic carbocycles. The van der Waals surface area contributed by atoms with E-state index in [2.05, 4.69) is 26.0 Å². The molecule has 0 radical (unpaired) electrons. The lowest BCUT2D eigenvalue weighted by Gasteiger charge is -1.96. The Kier molecular flexibility index (Phi) is 7.29. The molecule has 1 aromatic carbocycles. The zero-order valence-electron chi connectivity index (χ0n) is 15.8. The number of aromatic amines is 2. The van der Waals surface area contributed by atoms with Gasteiger partial charge in [0, 0.05) is 17.7 Å². The van der Waals surface area contributed by atoms with E-state index >= 15 is 0 Å². The third-order valence-corrected chi connectivity index (χ3v) is 4.13. The van der Waals surface area contributed by atoms with Crippen LogP contribution in [0.25, 0.3) is 11.4 Å². The van der Waals surface area contributed by atoms with Gasteiger partial charge in [-0.2, -0.15) is 5.26 Å². The highest BCUT2D eigenvalue weighted by Crippen LogP contribution is 2.18. The first-order valence-corrected chi connectivity index (χ1v) is 8.83. The van der Waals surface area contributed by atoms with E-state index in [-0.39, 0.29) is 19.1 Å². The fourth-order valence-electron chi connectivity index (χ4n) is 2.63. The molecule has 142 valence electrons. The highest BCUT2D eigenvalue weighted by atomic mass is 16.3. The number of H-pyrrole nitrogens is 2. The van der Waals surface area contributed by atoms with Crippen molar-refractivity contribution in [3.63, 3.8) is 0 Å². The summed E-state index contributed by atoms with van der Waals surface area (Å²) in [7, 11) is 0. The van der Waals surface area contributed by atoms with Crippen molar-refractivity contribution in [1.29, 1.82) is 5.26 Å². The number of imidazole rings is 2. The molecular formula is C20H25N5O2. The largest absolute Gasteiger partial charge is 0.390 e. The summed E-state index contributed by atoms with van der Waals surface area (Å²) in [5.41, 5.74) is 3.90. The molecule has 0 fully saturated rings. The molecular weight excluding hydrogens is 342 g/mol. The van der Waals surface area contributed by atoms with E-state index in [0.29, 0.717) is 17.2 Å². The average Bonchev–Trinajstić information content (AvgIpc) is 3.31. The van der Waals surface area contributed by atoms with Crippen molar-refractivity contribution < 1.29 is 10.2 Å². The first kappa shape index (κ1) is 20.4. The van der Waals surface area contributed by atoms with Gasteiger partial charge in [-0.25, -0.2) is 9.97 Å². The third-order valence-electron chi connectivity index (χ3n) is 4.13. The molecule has 27 heavy (non-hydrogen) atoms. The Morgan fingerprint density at radius 1 is 1.11 bits per heavy atom. The Morgan fingerprint density at radius 2 is 1.81 bits per heavy atom. The van der Waals surface area contributed by atoms with Crippen molar-refractivity contribution in [2.75, 3.05) is 0 Å². The summed E-state index contributed by atoms with van der Waals surface area (Å²) < 4.78 is 0. The molecule has 0 saturated heterocycles. The van der Waals surface area contributed by atoms with Crippen LogP contribution in [0, 0.1) is 18.3 Å². The number of rotatable bonds is 5. The Balaban J connectivity index is 0.000000199. The second-order valence-corrected chi connectivity index (χ2v) is 6.09. The molecule has 2 heterocycles. The lowest BCUT2D eigenvalue weighted by atomic mass is 10.1. The SMILES string of the molecule is CCc1nc(C(C)C#N)c(C)[nH]1.OCc1nc(-c2ccccc2)[nH]c1CO. The number of aromatic nitrogens is 4. The van der Waals surface area contributed by atoms with Crippen LogP contribution in [0.2, 0.25) is 0 Å². The lowest BCUT2D eigenvalue weighted by Crippen LogP contribution is -1.92. The van der Waals surface area contributed by atoms with Gasteiger partial charge in [0.05, 0.1) is 42.3 Å². The van der Waals surface area contributed by atoms with E-state index in [1.165, 1.54) is 0 Å². The number of aryl methyl sites for hydroxylation is 2. The first-order chi connectivity index (χ1) is 13.0. The number of hydrogen-bond donors (Lipinski definition) is 4. The van der Waals surface area contributed by atoms with E-state index in [1.807, 2.05) is 51.1 Å². The topological polar surface area (TPSA) is 122 Å².